The van der Waals surface area contributed by atoms with Crippen LogP contribution in [0.5, 0.6) is 5.75 Å². The number of methoxy groups -OCH3 is 1. The van der Waals surface area contributed by atoms with Crippen molar-refractivity contribution in [3.63, 3.8) is 0 Å². The number of carbonyl (C=O) groups is 1. The number of anilines is 1. The fourth-order valence-electron chi connectivity index (χ4n) is 3.15. The fraction of sp³-hybridized carbons (Fsp3) is 0.136. The lowest BCUT2D eigenvalue weighted by Gasteiger charge is -2.09. The quantitative estimate of drug-likeness (QED) is 0.509. The number of hydrogen-bond acceptors (Lipinski definition) is 5. The van der Waals surface area contributed by atoms with Crippen molar-refractivity contribution in [2.45, 2.75) is 13.8 Å². The van der Waals surface area contributed by atoms with Gasteiger partial charge in [-0.25, -0.2) is 4.52 Å². The van der Waals surface area contributed by atoms with E-state index in [1.807, 2.05) is 50.3 Å². The third kappa shape index (κ3) is 3.52. The van der Waals surface area contributed by atoms with Gasteiger partial charge in [0.1, 0.15) is 0 Å². The Labute approximate surface area is 172 Å². The van der Waals surface area contributed by atoms with E-state index in [1.54, 1.807) is 17.7 Å². The van der Waals surface area contributed by atoms with Gasteiger partial charge in [0.15, 0.2) is 11.4 Å². The number of thiophene rings is 1. The van der Waals surface area contributed by atoms with Crippen molar-refractivity contribution in [1.82, 2.24) is 14.6 Å². The number of nitrogens with zero attached hydrogens (tertiary/aromatic N) is 3. The van der Waals surface area contributed by atoms with Gasteiger partial charge in [0.05, 0.1) is 17.7 Å². The van der Waals surface area contributed by atoms with E-state index in [-0.39, 0.29) is 11.9 Å². The highest BCUT2D eigenvalue weighted by atomic mass is 32.1. The Hall–Kier alpha value is -3.45. The number of hydrogen-bond donors (Lipinski definition) is 1. The van der Waals surface area contributed by atoms with Crippen molar-refractivity contribution < 1.29 is 9.53 Å². The summed E-state index contributed by atoms with van der Waals surface area (Å²) in [5.74, 6) is 0.574. The van der Waals surface area contributed by atoms with Crippen molar-refractivity contribution in [3.05, 3.63) is 69.9 Å². The molecule has 6 nitrogen and oxygen atoms in total. The molecule has 0 saturated carbocycles. The molecule has 29 heavy (non-hydrogen) atoms. The van der Waals surface area contributed by atoms with Gasteiger partial charge in [-0.2, -0.15) is 4.98 Å². The van der Waals surface area contributed by atoms with Crippen LogP contribution in [0.4, 0.5) is 5.95 Å². The summed E-state index contributed by atoms with van der Waals surface area (Å²) < 4.78 is 7.13. The molecule has 0 atom stereocenters. The first-order valence-corrected chi connectivity index (χ1v) is 9.87. The molecule has 146 valence electrons. The molecular weight excluding hydrogens is 384 g/mol. The fourth-order valence-corrected chi connectivity index (χ4v) is 3.92. The molecule has 0 aliphatic carbocycles. The summed E-state index contributed by atoms with van der Waals surface area (Å²) in [7, 11) is 1.58. The van der Waals surface area contributed by atoms with E-state index in [4.69, 9.17) is 4.74 Å². The van der Waals surface area contributed by atoms with Crippen LogP contribution in [0.2, 0.25) is 0 Å². The number of ether oxygens (including phenoxy) is 1. The average Bonchev–Trinajstić information content (AvgIpc) is 3.33. The average molecular weight is 404 g/mol. The Morgan fingerprint density at radius 3 is 2.69 bits per heavy atom. The highest BCUT2D eigenvalue weighted by molar-refractivity contribution is 7.14. The molecule has 3 heterocycles. The van der Waals surface area contributed by atoms with Gasteiger partial charge in [0, 0.05) is 10.4 Å². The van der Waals surface area contributed by atoms with Gasteiger partial charge in [-0.1, -0.05) is 24.8 Å². The zero-order chi connectivity index (χ0) is 20.5. The number of pyridine rings is 1. The molecule has 1 aromatic carbocycles. The van der Waals surface area contributed by atoms with E-state index in [2.05, 4.69) is 28.0 Å². The van der Waals surface area contributed by atoms with E-state index < -0.39 is 0 Å². The minimum atomic E-state index is -0.231. The number of benzene rings is 1. The van der Waals surface area contributed by atoms with E-state index in [0.29, 0.717) is 16.3 Å². The monoisotopic (exact) mass is 404 g/mol. The first kappa shape index (κ1) is 18.9. The van der Waals surface area contributed by atoms with E-state index in [9.17, 15) is 4.79 Å². The normalized spacial score (nSPS) is 10.9. The molecule has 4 aromatic rings. The Morgan fingerprint density at radius 2 is 2.03 bits per heavy atom. The standard InChI is InChI=1S/C22H20N4O2S/c1-5-15-7-8-16(12-13(15)2)17-9-10-18(28-4)20-23-22(25-26(17)20)24-21(27)19-11-6-14(3)29-19/h5-12H,1H2,2-4H3,(H,24,25,27). The second-order valence-electron chi connectivity index (χ2n) is 6.60. The molecule has 0 aliphatic rings. The molecule has 0 aliphatic heterocycles. The van der Waals surface area contributed by atoms with Crippen molar-refractivity contribution in [3.8, 4) is 17.0 Å². The Kier molecular flexibility index (Phi) is 4.90. The summed E-state index contributed by atoms with van der Waals surface area (Å²) in [6.45, 7) is 7.84. The van der Waals surface area contributed by atoms with Gasteiger partial charge >= 0.3 is 0 Å². The van der Waals surface area contributed by atoms with Gasteiger partial charge in [0.2, 0.25) is 5.95 Å². The Morgan fingerprint density at radius 1 is 1.21 bits per heavy atom. The molecule has 1 amide bonds. The van der Waals surface area contributed by atoms with Crippen LogP contribution >= 0.6 is 11.3 Å². The predicted molar refractivity (Wildman–Crippen MR) is 117 cm³/mol. The maximum Gasteiger partial charge on any atom is 0.268 e. The first-order valence-electron chi connectivity index (χ1n) is 9.05. The lowest BCUT2D eigenvalue weighted by Crippen LogP contribution is -2.11. The van der Waals surface area contributed by atoms with Crippen LogP contribution in [-0.2, 0) is 0 Å². The number of fused-ring (bicyclic) bond motifs is 1. The topological polar surface area (TPSA) is 68.5 Å². The highest BCUT2D eigenvalue weighted by Gasteiger charge is 2.17. The molecule has 0 spiro atoms. The molecule has 4 rings (SSSR count). The number of nitrogens with one attached hydrogen (secondary N) is 1. The summed E-state index contributed by atoms with van der Waals surface area (Å²) in [4.78, 5) is 18.7. The van der Waals surface area contributed by atoms with Crippen molar-refractivity contribution >= 4 is 34.9 Å². The molecule has 1 N–H and O–H groups in total. The third-order valence-corrected chi connectivity index (χ3v) is 5.64. The van der Waals surface area contributed by atoms with Crippen LogP contribution in [0.15, 0.2) is 49.0 Å². The number of aryl methyl sites for hydroxylation is 2. The lowest BCUT2D eigenvalue weighted by molar-refractivity contribution is 0.102. The van der Waals surface area contributed by atoms with E-state index in [0.717, 1.165) is 27.3 Å². The van der Waals surface area contributed by atoms with Crippen LogP contribution < -0.4 is 10.1 Å². The molecule has 0 bridgehead atoms. The summed E-state index contributed by atoms with van der Waals surface area (Å²) in [5.41, 5.74) is 4.56. The lowest BCUT2D eigenvalue weighted by atomic mass is 10.0. The number of amides is 1. The smallest absolute Gasteiger partial charge is 0.268 e. The number of aromatic nitrogens is 3. The van der Waals surface area contributed by atoms with Crippen LogP contribution in [-0.4, -0.2) is 27.6 Å². The van der Waals surface area contributed by atoms with Gasteiger partial charge in [0.25, 0.3) is 5.91 Å². The van der Waals surface area contributed by atoms with Gasteiger partial charge < -0.3 is 4.74 Å². The third-order valence-electron chi connectivity index (χ3n) is 4.64. The minimum Gasteiger partial charge on any atom is -0.493 e. The molecule has 0 saturated heterocycles. The first-order chi connectivity index (χ1) is 14.0. The van der Waals surface area contributed by atoms with Crippen molar-refractivity contribution in [2.24, 2.45) is 0 Å². The SMILES string of the molecule is C=Cc1ccc(-c2ccc(OC)c3nc(NC(=O)c4ccc(C)s4)nn23)cc1C. The second-order valence-corrected chi connectivity index (χ2v) is 7.89. The number of rotatable bonds is 5. The molecule has 3 aromatic heterocycles. The maximum atomic E-state index is 12.5. The molecule has 0 unspecified atom stereocenters. The highest BCUT2D eigenvalue weighted by Crippen LogP contribution is 2.28. The largest absolute Gasteiger partial charge is 0.493 e. The Bertz CT molecular complexity index is 1240. The van der Waals surface area contributed by atoms with Gasteiger partial charge in [-0.05, 0) is 55.3 Å². The van der Waals surface area contributed by atoms with E-state index >= 15 is 0 Å². The van der Waals surface area contributed by atoms with E-state index in [1.165, 1.54) is 11.3 Å². The van der Waals surface area contributed by atoms with Crippen LogP contribution in [0.1, 0.15) is 25.7 Å². The van der Waals surface area contributed by atoms with Crippen LogP contribution in [0.3, 0.4) is 0 Å². The molecule has 0 radical (unpaired) electrons. The number of carbonyl (C=O) groups excluding carboxylic acids is 1. The zero-order valence-electron chi connectivity index (χ0n) is 16.4. The molecule has 0 fully saturated rings. The Balaban J connectivity index is 1.78. The van der Waals surface area contributed by atoms with Crippen molar-refractivity contribution in [2.75, 3.05) is 12.4 Å². The second kappa shape index (κ2) is 7.52. The summed E-state index contributed by atoms with van der Waals surface area (Å²) >= 11 is 1.43. The van der Waals surface area contributed by atoms with Crippen LogP contribution in [0, 0.1) is 13.8 Å². The molecular formula is C22H20N4O2S. The summed E-state index contributed by atoms with van der Waals surface area (Å²) in [6.07, 6.45) is 1.83. The summed E-state index contributed by atoms with van der Waals surface area (Å²) in [5, 5.41) is 7.30. The van der Waals surface area contributed by atoms with Gasteiger partial charge in [-0.3, -0.25) is 10.1 Å². The van der Waals surface area contributed by atoms with Crippen LogP contribution in [0.25, 0.3) is 23.0 Å². The predicted octanol–water partition coefficient (Wildman–Crippen LogP) is 4.98. The maximum absolute atomic E-state index is 12.5. The molecule has 7 heteroatoms. The van der Waals surface area contributed by atoms with Crippen molar-refractivity contribution in [1.29, 1.82) is 0 Å². The summed E-state index contributed by atoms with van der Waals surface area (Å²) in [6, 6.07) is 13.6. The zero-order valence-corrected chi connectivity index (χ0v) is 17.2. The van der Waals surface area contributed by atoms with Gasteiger partial charge in [-0.15, -0.1) is 16.4 Å². The minimum absolute atomic E-state index is 0.228.